The highest BCUT2D eigenvalue weighted by molar-refractivity contribution is 5.85. The van der Waals surface area contributed by atoms with Gasteiger partial charge in [-0.1, -0.05) is 0 Å². The summed E-state index contributed by atoms with van der Waals surface area (Å²) in [5, 5.41) is 3.30. The minimum Gasteiger partial charge on any atom is -0.496 e. The lowest BCUT2D eigenvalue weighted by Gasteiger charge is -2.14. The van der Waals surface area contributed by atoms with Gasteiger partial charge in [-0.15, -0.1) is 12.4 Å². The predicted octanol–water partition coefficient (Wildman–Crippen LogP) is 2.15. The van der Waals surface area contributed by atoms with E-state index in [0.29, 0.717) is 24.6 Å². The highest BCUT2D eigenvalue weighted by atomic mass is 35.5. The van der Waals surface area contributed by atoms with Crippen molar-refractivity contribution < 1.29 is 14.2 Å². The van der Waals surface area contributed by atoms with Crippen molar-refractivity contribution in [3.63, 3.8) is 0 Å². The normalized spacial score (nSPS) is 9.86. The Bertz CT molecular complexity index is 547. The van der Waals surface area contributed by atoms with Crippen LogP contribution in [0.15, 0.2) is 24.5 Å². The van der Waals surface area contributed by atoms with E-state index in [9.17, 15) is 0 Å². The topological polar surface area (TPSA) is 68.4 Å². The molecule has 21 heavy (non-hydrogen) atoms. The standard InChI is InChI=1S/C14H19N3O3.ClH/c1-18-11-7-13(20-3)12(19-2)6-10(11)8-15-9-14-16-4-5-17-14;/h4-7,15H,8-9H2,1-3H3,(H,16,17);1H. The van der Waals surface area contributed by atoms with E-state index in [4.69, 9.17) is 14.2 Å². The number of hydrogen-bond donors (Lipinski definition) is 2. The molecule has 1 heterocycles. The van der Waals surface area contributed by atoms with Crippen molar-refractivity contribution in [3.8, 4) is 17.2 Å². The average molecular weight is 314 g/mol. The summed E-state index contributed by atoms with van der Waals surface area (Å²) in [6.07, 6.45) is 3.53. The minimum atomic E-state index is 0. The Kier molecular flexibility index (Phi) is 6.84. The number of aromatic nitrogens is 2. The Morgan fingerprint density at radius 1 is 1.00 bits per heavy atom. The van der Waals surface area contributed by atoms with Gasteiger partial charge in [0.2, 0.25) is 0 Å². The molecule has 2 rings (SSSR count). The Hall–Kier alpha value is -1.92. The number of methoxy groups -OCH3 is 3. The van der Waals surface area contributed by atoms with Gasteiger partial charge in [-0.05, 0) is 6.07 Å². The second-order valence-corrected chi connectivity index (χ2v) is 4.16. The zero-order valence-corrected chi connectivity index (χ0v) is 13.1. The average Bonchev–Trinajstić information content (AvgIpc) is 2.99. The van der Waals surface area contributed by atoms with E-state index in [1.807, 2.05) is 12.1 Å². The molecule has 0 saturated carbocycles. The zero-order chi connectivity index (χ0) is 14.4. The van der Waals surface area contributed by atoms with Crippen LogP contribution in [0.25, 0.3) is 0 Å². The molecule has 0 radical (unpaired) electrons. The summed E-state index contributed by atoms with van der Waals surface area (Å²) in [6, 6.07) is 3.73. The van der Waals surface area contributed by atoms with Crippen molar-refractivity contribution in [2.24, 2.45) is 0 Å². The van der Waals surface area contributed by atoms with E-state index >= 15 is 0 Å². The highest BCUT2D eigenvalue weighted by Crippen LogP contribution is 2.34. The van der Waals surface area contributed by atoms with Gasteiger partial charge in [0.25, 0.3) is 0 Å². The molecule has 0 saturated heterocycles. The first-order valence-corrected chi connectivity index (χ1v) is 6.26. The van der Waals surface area contributed by atoms with Gasteiger partial charge in [-0.3, -0.25) is 0 Å². The molecular weight excluding hydrogens is 294 g/mol. The third kappa shape index (κ3) is 4.27. The van der Waals surface area contributed by atoms with Gasteiger partial charge in [0.15, 0.2) is 11.5 Å². The van der Waals surface area contributed by atoms with Gasteiger partial charge in [-0.25, -0.2) is 4.98 Å². The van der Waals surface area contributed by atoms with Crippen molar-refractivity contribution in [1.82, 2.24) is 15.3 Å². The van der Waals surface area contributed by atoms with Crippen molar-refractivity contribution in [1.29, 1.82) is 0 Å². The Morgan fingerprint density at radius 3 is 2.24 bits per heavy atom. The summed E-state index contributed by atoms with van der Waals surface area (Å²) < 4.78 is 15.9. The van der Waals surface area contributed by atoms with Crippen LogP contribution in [-0.4, -0.2) is 31.3 Å². The predicted molar refractivity (Wildman–Crippen MR) is 82.5 cm³/mol. The van der Waals surface area contributed by atoms with Gasteiger partial charge >= 0.3 is 0 Å². The fourth-order valence-corrected chi connectivity index (χ4v) is 1.94. The molecule has 2 N–H and O–H groups in total. The second kappa shape index (κ2) is 8.39. The lowest BCUT2D eigenvalue weighted by Crippen LogP contribution is -2.14. The van der Waals surface area contributed by atoms with E-state index in [0.717, 1.165) is 17.1 Å². The Labute approximate surface area is 130 Å². The van der Waals surface area contributed by atoms with Crippen LogP contribution in [-0.2, 0) is 13.1 Å². The van der Waals surface area contributed by atoms with Crippen LogP contribution >= 0.6 is 12.4 Å². The lowest BCUT2D eigenvalue weighted by molar-refractivity contribution is 0.347. The molecule has 2 aromatic rings. The summed E-state index contributed by atoms with van der Waals surface area (Å²) in [5.74, 6) is 2.99. The first-order chi connectivity index (χ1) is 9.78. The lowest BCUT2D eigenvalue weighted by atomic mass is 10.1. The molecule has 7 heteroatoms. The smallest absolute Gasteiger partial charge is 0.164 e. The van der Waals surface area contributed by atoms with E-state index in [2.05, 4.69) is 15.3 Å². The number of benzene rings is 1. The van der Waals surface area contributed by atoms with E-state index in [1.54, 1.807) is 33.7 Å². The quantitative estimate of drug-likeness (QED) is 0.820. The molecule has 1 aromatic heterocycles. The van der Waals surface area contributed by atoms with Crippen molar-refractivity contribution in [3.05, 3.63) is 35.9 Å². The number of hydrogen-bond acceptors (Lipinski definition) is 5. The maximum atomic E-state index is 5.38. The summed E-state index contributed by atoms with van der Waals surface area (Å²) >= 11 is 0. The molecule has 0 spiro atoms. The zero-order valence-electron chi connectivity index (χ0n) is 12.3. The maximum Gasteiger partial charge on any atom is 0.164 e. The minimum absolute atomic E-state index is 0. The molecule has 6 nitrogen and oxygen atoms in total. The number of imidazole rings is 1. The number of halogens is 1. The Balaban J connectivity index is 0.00000220. The fourth-order valence-electron chi connectivity index (χ4n) is 1.94. The first kappa shape index (κ1) is 17.1. The molecule has 0 atom stereocenters. The van der Waals surface area contributed by atoms with E-state index in [1.165, 1.54) is 0 Å². The molecule has 0 aliphatic rings. The molecule has 116 valence electrons. The summed E-state index contributed by atoms with van der Waals surface area (Å²) in [7, 11) is 4.85. The Morgan fingerprint density at radius 2 is 1.67 bits per heavy atom. The SMILES string of the molecule is COc1cc(OC)c(OC)cc1CNCc1ncc[nH]1.Cl. The molecule has 0 aliphatic carbocycles. The highest BCUT2D eigenvalue weighted by Gasteiger charge is 2.11. The van der Waals surface area contributed by atoms with Crippen LogP contribution in [0.3, 0.4) is 0 Å². The van der Waals surface area contributed by atoms with Crippen molar-refractivity contribution >= 4 is 12.4 Å². The molecule has 0 unspecified atom stereocenters. The number of rotatable bonds is 7. The third-order valence-corrected chi connectivity index (χ3v) is 2.95. The van der Waals surface area contributed by atoms with Gasteiger partial charge in [-0.2, -0.15) is 0 Å². The van der Waals surface area contributed by atoms with Crippen molar-refractivity contribution in [2.75, 3.05) is 21.3 Å². The van der Waals surface area contributed by atoms with Crippen LogP contribution in [0.4, 0.5) is 0 Å². The van der Waals surface area contributed by atoms with Crippen LogP contribution in [0.1, 0.15) is 11.4 Å². The number of nitrogens with zero attached hydrogens (tertiary/aromatic N) is 1. The summed E-state index contributed by atoms with van der Waals surface area (Å²) in [4.78, 5) is 7.20. The molecule has 0 fully saturated rings. The summed E-state index contributed by atoms with van der Waals surface area (Å²) in [6.45, 7) is 1.30. The largest absolute Gasteiger partial charge is 0.496 e. The maximum absolute atomic E-state index is 5.38. The first-order valence-electron chi connectivity index (χ1n) is 6.26. The number of H-pyrrole nitrogens is 1. The van der Waals surface area contributed by atoms with Gasteiger partial charge in [0.1, 0.15) is 11.6 Å². The second-order valence-electron chi connectivity index (χ2n) is 4.16. The van der Waals surface area contributed by atoms with E-state index < -0.39 is 0 Å². The fraction of sp³-hybridized carbons (Fsp3) is 0.357. The monoisotopic (exact) mass is 313 g/mol. The molecule has 0 aliphatic heterocycles. The van der Waals surface area contributed by atoms with Crippen LogP contribution in [0.5, 0.6) is 17.2 Å². The van der Waals surface area contributed by atoms with E-state index in [-0.39, 0.29) is 12.4 Å². The van der Waals surface area contributed by atoms with Crippen LogP contribution in [0.2, 0.25) is 0 Å². The van der Waals surface area contributed by atoms with Gasteiger partial charge in [0, 0.05) is 30.6 Å². The molecular formula is C14H20ClN3O3. The molecule has 0 amide bonds. The number of aromatic amines is 1. The number of nitrogens with one attached hydrogen (secondary N) is 2. The van der Waals surface area contributed by atoms with Gasteiger partial charge < -0.3 is 24.5 Å². The molecule has 0 bridgehead atoms. The van der Waals surface area contributed by atoms with Crippen LogP contribution < -0.4 is 19.5 Å². The van der Waals surface area contributed by atoms with Crippen LogP contribution in [0, 0.1) is 0 Å². The van der Waals surface area contributed by atoms with Gasteiger partial charge in [0.05, 0.1) is 27.9 Å². The van der Waals surface area contributed by atoms with Crippen molar-refractivity contribution in [2.45, 2.75) is 13.1 Å². The third-order valence-electron chi connectivity index (χ3n) is 2.95. The molecule has 1 aromatic carbocycles. The number of ether oxygens (including phenoxy) is 3. The summed E-state index contributed by atoms with van der Waals surface area (Å²) in [5.41, 5.74) is 0.997.